The van der Waals surface area contributed by atoms with E-state index in [1.807, 2.05) is 24.1 Å². The summed E-state index contributed by atoms with van der Waals surface area (Å²) in [5.74, 6) is 0.214. The maximum absolute atomic E-state index is 12.1. The fourth-order valence-electron chi connectivity index (χ4n) is 2.21. The minimum Gasteiger partial charge on any atom is -0.375 e. The van der Waals surface area contributed by atoms with Crippen molar-refractivity contribution in [3.63, 3.8) is 0 Å². The van der Waals surface area contributed by atoms with Gasteiger partial charge in [-0.3, -0.25) is 9.59 Å². The van der Waals surface area contributed by atoms with Crippen molar-refractivity contribution in [3.05, 3.63) is 11.1 Å². The fraction of sp³-hybridized carbons (Fsp3) is 0.615. The summed E-state index contributed by atoms with van der Waals surface area (Å²) < 4.78 is 0. The third kappa shape index (κ3) is 3.47. The normalized spacial score (nSPS) is 15.8. The van der Waals surface area contributed by atoms with E-state index < -0.39 is 0 Å². The lowest BCUT2D eigenvalue weighted by Crippen LogP contribution is -2.51. The Morgan fingerprint density at radius 1 is 1.30 bits per heavy atom. The SMILES string of the molecule is CC(C)C(=O)N1CCN(C(=O)Cc2csc(N)n2)CC1. The third-order valence-electron chi connectivity index (χ3n) is 3.34. The highest BCUT2D eigenvalue weighted by Gasteiger charge is 2.25. The number of piperazine rings is 1. The molecule has 1 saturated heterocycles. The maximum Gasteiger partial charge on any atom is 0.228 e. The number of nitrogen functional groups attached to an aromatic ring is 1. The molecule has 0 aromatic carbocycles. The molecule has 0 saturated carbocycles. The summed E-state index contributed by atoms with van der Waals surface area (Å²) in [4.78, 5) is 31.7. The molecule has 1 fully saturated rings. The van der Waals surface area contributed by atoms with Gasteiger partial charge >= 0.3 is 0 Å². The van der Waals surface area contributed by atoms with Crippen molar-refractivity contribution in [1.82, 2.24) is 14.8 Å². The first-order valence-corrected chi connectivity index (χ1v) is 7.61. The Labute approximate surface area is 122 Å². The van der Waals surface area contributed by atoms with Crippen LogP contribution in [0.2, 0.25) is 0 Å². The van der Waals surface area contributed by atoms with Gasteiger partial charge < -0.3 is 15.5 Å². The van der Waals surface area contributed by atoms with E-state index in [9.17, 15) is 9.59 Å². The van der Waals surface area contributed by atoms with Gasteiger partial charge in [-0.1, -0.05) is 13.8 Å². The van der Waals surface area contributed by atoms with Crippen molar-refractivity contribution in [1.29, 1.82) is 0 Å². The number of aromatic nitrogens is 1. The standard InChI is InChI=1S/C13H20N4O2S/c1-9(2)12(19)17-5-3-16(4-6-17)11(18)7-10-8-20-13(14)15-10/h8-9H,3-7H2,1-2H3,(H2,14,15). The summed E-state index contributed by atoms with van der Waals surface area (Å²) in [5, 5.41) is 2.30. The van der Waals surface area contributed by atoms with Crippen LogP contribution in [0.5, 0.6) is 0 Å². The van der Waals surface area contributed by atoms with E-state index in [2.05, 4.69) is 4.98 Å². The number of rotatable bonds is 3. The molecule has 6 nitrogen and oxygen atoms in total. The minimum atomic E-state index is 0.00948. The smallest absolute Gasteiger partial charge is 0.228 e. The molecule has 2 amide bonds. The lowest BCUT2D eigenvalue weighted by molar-refractivity contribution is -0.141. The van der Waals surface area contributed by atoms with Crippen molar-refractivity contribution >= 4 is 28.3 Å². The van der Waals surface area contributed by atoms with Crippen molar-refractivity contribution < 1.29 is 9.59 Å². The van der Waals surface area contributed by atoms with Crippen LogP contribution in [0.3, 0.4) is 0 Å². The predicted octanol–water partition coefficient (Wildman–Crippen LogP) is 0.595. The van der Waals surface area contributed by atoms with Crippen LogP contribution in [0, 0.1) is 5.92 Å². The second kappa shape index (κ2) is 6.21. The number of amides is 2. The van der Waals surface area contributed by atoms with E-state index in [1.54, 1.807) is 4.90 Å². The Kier molecular flexibility index (Phi) is 4.59. The number of thiazole rings is 1. The van der Waals surface area contributed by atoms with Gasteiger partial charge in [0, 0.05) is 37.5 Å². The zero-order chi connectivity index (χ0) is 14.7. The van der Waals surface area contributed by atoms with Crippen LogP contribution < -0.4 is 5.73 Å². The monoisotopic (exact) mass is 296 g/mol. The quantitative estimate of drug-likeness (QED) is 0.885. The van der Waals surface area contributed by atoms with Gasteiger partial charge in [-0.25, -0.2) is 4.98 Å². The third-order valence-corrected chi connectivity index (χ3v) is 4.06. The zero-order valence-electron chi connectivity index (χ0n) is 11.8. The summed E-state index contributed by atoms with van der Waals surface area (Å²) in [6.45, 7) is 6.21. The fourth-order valence-corrected chi connectivity index (χ4v) is 2.77. The van der Waals surface area contributed by atoms with Gasteiger partial charge in [-0.15, -0.1) is 11.3 Å². The minimum absolute atomic E-state index is 0.00948. The number of nitrogens with zero attached hydrogens (tertiary/aromatic N) is 3. The molecule has 0 bridgehead atoms. The van der Waals surface area contributed by atoms with Gasteiger partial charge in [-0.05, 0) is 0 Å². The van der Waals surface area contributed by atoms with Gasteiger partial charge in [-0.2, -0.15) is 0 Å². The maximum atomic E-state index is 12.1. The van der Waals surface area contributed by atoms with Gasteiger partial charge in [0.1, 0.15) is 0 Å². The Hall–Kier alpha value is -1.63. The lowest BCUT2D eigenvalue weighted by Gasteiger charge is -2.35. The van der Waals surface area contributed by atoms with Crippen LogP contribution in [-0.2, 0) is 16.0 Å². The molecule has 1 aromatic rings. The summed E-state index contributed by atoms with van der Waals surface area (Å²) >= 11 is 1.34. The first-order valence-electron chi connectivity index (χ1n) is 6.74. The molecule has 1 aliphatic heterocycles. The van der Waals surface area contributed by atoms with Crippen LogP contribution in [-0.4, -0.2) is 52.8 Å². The molecule has 110 valence electrons. The van der Waals surface area contributed by atoms with Gasteiger partial charge in [0.25, 0.3) is 0 Å². The molecule has 0 atom stereocenters. The second-order valence-electron chi connectivity index (χ2n) is 5.21. The average Bonchev–Trinajstić information content (AvgIpc) is 2.83. The summed E-state index contributed by atoms with van der Waals surface area (Å²) in [5.41, 5.74) is 6.27. The average molecular weight is 296 g/mol. The number of nitrogens with two attached hydrogens (primary N) is 1. The van der Waals surface area contributed by atoms with E-state index in [-0.39, 0.29) is 24.2 Å². The van der Waals surface area contributed by atoms with E-state index in [4.69, 9.17) is 5.73 Å². The van der Waals surface area contributed by atoms with Crippen LogP contribution in [0.25, 0.3) is 0 Å². The summed E-state index contributed by atoms with van der Waals surface area (Å²) in [7, 11) is 0. The Bertz CT molecular complexity index is 492. The van der Waals surface area contributed by atoms with Crippen molar-refractivity contribution in [2.45, 2.75) is 20.3 Å². The molecule has 0 unspecified atom stereocenters. The lowest BCUT2D eigenvalue weighted by atomic mass is 10.1. The first-order chi connectivity index (χ1) is 9.47. The highest BCUT2D eigenvalue weighted by atomic mass is 32.1. The molecule has 2 rings (SSSR count). The molecule has 0 radical (unpaired) electrons. The molecule has 20 heavy (non-hydrogen) atoms. The zero-order valence-corrected chi connectivity index (χ0v) is 12.7. The van der Waals surface area contributed by atoms with E-state index >= 15 is 0 Å². The van der Waals surface area contributed by atoms with Crippen LogP contribution in [0.4, 0.5) is 5.13 Å². The summed E-state index contributed by atoms with van der Waals surface area (Å²) in [6.07, 6.45) is 0.284. The molecule has 2 heterocycles. The first kappa shape index (κ1) is 14.8. The molecule has 7 heteroatoms. The number of carbonyl (C=O) groups is 2. The van der Waals surface area contributed by atoms with Gasteiger partial charge in [0.2, 0.25) is 11.8 Å². The Balaban J connectivity index is 1.84. The van der Waals surface area contributed by atoms with Crippen molar-refractivity contribution in [2.75, 3.05) is 31.9 Å². The van der Waals surface area contributed by atoms with Crippen LogP contribution >= 0.6 is 11.3 Å². The number of hydrogen-bond acceptors (Lipinski definition) is 5. The predicted molar refractivity (Wildman–Crippen MR) is 78.2 cm³/mol. The van der Waals surface area contributed by atoms with E-state index in [0.717, 1.165) is 5.69 Å². The van der Waals surface area contributed by atoms with Crippen LogP contribution in [0.1, 0.15) is 19.5 Å². The molecule has 1 aromatic heterocycles. The van der Waals surface area contributed by atoms with Crippen LogP contribution in [0.15, 0.2) is 5.38 Å². The topological polar surface area (TPSA) is 79.5 Å². The Morgan fingerprint density at radius 3 is 2.40 bits per heavy atom. The molecule has 0 spiro atoms. The van der Waals surface area contributed by atoms with E-state index in [1.165, 1.54) is 11.3 Å². The second-order valence-corrected chi connectivity index (χ2v) is 6.10. The van der Waals surface area contributed by atoms with E-state index in [0.29, 0.717) is 31.3 Å². The molecule has 0 aliphatic carbocycles. The Morgan fingerprint density at radius 2 is 1.90 bits per heavy atom. The number of hydrogen-bond donors (Lipinski definition) is 1. The number of anilines is 1. The molecular formula is C13H20N4O2S. The highest BCUT2D eigenvalue weighted by Crippen LogP contribution is 2.13. The number of carbonyl (C=O) groups excluding carboxylic acids is 2. The van der Waals surface area contributed by atoms with Crippen molar-refractivity contribution in [2.24, 2.45) is 5.92 Å². The molecule has 1 aliphatic rings. The van der Waals surface area contributed by atoms with Gasteiger partial charge in [0.05, 0.1) is 12.1 Å². The molecule has 2 N–H and O–H groups in total. The summed E-state index contributed by atoms with van der Waals surface area (Å²) in [6, 6.07) is 0. The largest absolute Gasteiger partial charge is 0.375 e. The van der Waals surface area contributed by atoms with Gasteiger partial charge in [0.15, 0.2) is 5.13 Å². The molecular weight excluding hydrogens is 276 g/mol. The highest BCUT2D eigenvalue weighted by molar-refractivity contribution is 7.13. The van der Waals surface area contributed by atoms with Crippen molar-refractivity contribution in [3.8, 4) is 0 Å².